The summed E-state index contributed by atoms with van der Waals surface area (Å²) >= 11 is 1.40. The molecule has 8 nitrogen and oxygen atoms in total. The molecule has 2 atom stereocenters. The highest BCUT2D eigenvalue weighted by Crippen LogP contribution is 2.13. The molecule has 0 rings (SSSR count). The van der Waals surface area contributed by atoms with Crippen molar-refractivity contribution in [1.82, 2.24) is 10.6 Å². The molecule has 0 bridgehead atoms. The summed E-state index contributed by atoms with van der Waals surface area (Å²) in [5, 5.41) is 14.3. The van der Waals surface area contributed by atoms with Gasteiger partial charge >= 0.3 is 5.97 Å². The fourth-order valence-corrected chi connectivity index (χ4v) is 3.97. The zero-order valence-corrected chi connectivity index (χ0v) is 21.9. The lowest BCUT2D eigenvalue weighted by atomic mass is 10.1. The summed E-state index contributed by atoms with van der Waals surface area (Å²) in [6.07, 6.45) is 10.5. The number of thioether (sulfide) groups is 1. The van der Waals surface area contributed by atoms with E-state index in [0.717, 1.165) is 25.7 Å². The molecule has 0 aromatic carbocycles. The molecule has 0 spiro atoms. The summed E-state index contributed by atoms with van der Waals surface area (Å²) in [7, 11) is 0. The first-order valence-corrected chi connectivity index (χ1v) is 12.7. The highest BCUT2D eigenvalue weighted by Gasteiger charge is 2.26. The van der Waals surface area contributed by atoms with Gasteiger partial charge < -0.3 is 21.5 Å². The van der Waals surface area contributed by atoms with Crippen LogP contribution in [0.2, 0.25) is 0 Å². The van der Waals surface area contributed by atoms with Crippen molar-refractivity contribution in [2.24, 2.45) is 5.73 Å². The van der Waals surface area contributed by atoms with Crippen LogP contribution in [-0.4, -0.2) is 52.4 Å². The molecule has 0 saturated heterocycles. The van der Waals surface area contributed by atoms with Gasteiger partial charge in [-0.2, -0.15) is 11.8 Å². The molecular weight excluding hydrogens is 466 g/mol. The van der Waals surface area contributed by atoms with Crippen molar-refractivity contribution in [2.75, 3.05) is 11.5 Å². The first-order valence-electron chi connectivity index (χ1n) is 11.5. The molecule has 0 saturated carbocycles. The Labute approximate surface area is 215 Å². The smallest absolute Gasteiger partial charge is 0.327 e. The van der Waals surface area contributed by atoms with Crippen LogP contribution < -0.4 is 16.4 Å². The van der Waals surface area contributed by atoms with Crippen LogP contribution in [0, 0.1) is 0 Å². The highest BCUT2D eigenvalue weighted by molar-refractivity contribution is 7.99. The summed E-state index contributed by atoms with van der Waals surface area (Å²) in [5.41, 5.74) is 9.06. The van der Waals surface area contributed by atoms with Gasteiger partial charge in [-0.25, -0.2) is 4.79 Å². The van der Waals surface area contributed by atoms with E-state index in [1.165, 1.54) is 35.4 Å². The number of carbonyl (C=O) groups excluding carboxylic acids is 3. The van der Waals surface area contributed by atoms with Crippen molar-refractivity contribution in [1.29, 1.82) is 0 Å². The van der Waals surface area contributed by atoms with Crippen LogP contribution in [-0.2, 0) is 19.2 Å². The van der Waals surface area contributed by atoms with Crippen LogP contribution in [0.3, 0.4) is 0 Å². The minimum atomic E-state index is -1.16. The Morgan fingerprint density at radius 1 is 0.857 bits per heavy atom. The number of hydrogen-bond donors (Lipinski definition) is 4. The molecule has 0 aliphatic heterocycles. The number of amides is 3. The number of allylic oxidation sites excluding steroid dienone is 5. The van der Waals surface area contributed by atoms with E-state index in [1.54, 1.807) is 0 Å². The third kappa shape index (κ3) is 19.4. The molecule has 35 heavy (non-hydrogen) atoms. The van der Waals surface area contributed by atoms with Crippen molar-refractivity contribution < 1.29 is 24.3 Å². The molecule has 0 aliphatic carbocycles. The van der Waals surface area contributed by atoms with Crippen LogP contribution in [0.5, 0.6) is 0 Å². The number of nitrogens with two attached hydrogens (primary N) is 1. The van der Waals surface area contributed by atoms with Crippen molar-refractivity contribution >= 4 is 35.5 Å². The minimum absolute atomic E-state index is 0. The number of rotatable bonds is 17. The van der Waals surface area contributed by atoms with Crippen molar-refractivity contribution in [3.63, 3.8) is 0 Å². The van der Waals surface area contributed by atoms with Gasteiger partial charge in [0.15, 0.2) is 0 Å². The van der Waals surface area contributed by atoms with Gasteiger partial charge in [-0.15, -0.1) is 0 Å². The summed E-state index contributed by atoms with van der Waals surface area (Å²) < 4.78 is 0. The van der Waals surface area contributed by atoms with E-state index in [4.69, 9.17) is 5.73 Å². The van der Waals surface area contributed by atoms with E-state index < -0.39 is 35.8 Å². The van der Waals surface area contributed by atoms with Crippen molar-refractivity contribution in [3.05, 3.63) is 34.9 Å². The second kappa shape index (κ2) is 19.7. The summed E-state index contributed by atoms with van der Waals surface area (Å²) in [6.45, 7) is 9.66. The molecule has 200 valence electrons. The largest absolute Gasteiger partial charge is 0.480 e. The van der Waals surface area contributed by atoms with E-state index in [2.05, 4.69) is 56.6 Å². The Balaban J connectivity index is 0. The second-order valence-corrected chi connectivity index (χ2v) is 9.73. The molecule has 0 aromatic heterocycles. The standard InChI is InChI=1S/C25H41N3O5S.CH4/c1-17(2)8-6-9-18(3)10-7-11-19(4)14-15-34-16-22(25(32)33)28-24(31)21(27-20(5)29)12-13-23(26)30;/h8,10,14,21-22H,6-7,9,11-13,15-16H2,1-5H3,(H2,26,30)(H,27,29)(H,28,31)(H,32,33);1H4/b18-10+,19-14+;/t21?,22-;/m0./s1. The number of carboxylic acid groups (broad SMARTS) is 1. The number of nitrogens with one attached hydrogen (secondary N) is 2. The third-order valence-electron chi connectivity index (χ3n) is 4.94. The maximum absolute atomic E-state index is 12.4. The number of carboxylic acids is 1. The SMILES string of the molecule is C.CC(=O)NC(CCC(N)=O)C(=O)N[C@@H](CSC/C=C(\C)CC/C=C(\C)CCC=C(C)C)C(=O)O. The topological polar surface area (TPSA) is 139 Å². The van der Waals surface area contributed by atoms with E-state index in [1.807, 2.05) is 0 Å². The van der Waals surface area contributed by atoms with Crippen LogP contribution >= 0.6 is 11.8 Å². The zero-order chi connectivity index (χ0) is 26.1. The van der Waals surface area contributed by atoms with E-state index >= 15 is 0 Å². The van der Waals surface area contributed by atoms with Gasteiger partial charge in [-0.3, -0.25) is 14.4 Å². The molecule has 1 unspecified atom stereocenters. The van der Waals surface area contributed by atoms with Crippen LogP contribution in [0.1, 0.15) is 80.6 Å². The maximum Gasteiger partial charge on any atom is 0.327 e. The second-order valence-electron chi connectivity index (χ2n) is 8.65. The van der Waals surface area contributed by atoms with Gasteiger partial charge in [-0.05, 0) is 59.8 Å². The van der Waals surface area contributed by atoms with Gasteiger partial charge in [0.25, 0.3) is 0 Å². The van der Waals surface area contributed by atoms with Gasteiger partial charge in [0.05, 0.1) is 0 Å². The molecule has 3 amide bonds. The minimum Gasteiger partial charge on any atom is -0.480 e. The van der Waals surface area contributed by atoms with Crippen LogP contribution in [0.25, 0.3) is 0 Å². The fourth-order valence-electron chi connectivity index (χ4n) is 2.97. The summed E-state index contributed by atoms with van der Waals surface area (Å²) in [4.78, 5) is 46.4. The average Bonchev–Trinajstić information content (AvgIpc) is 2.72. The molecular formula is C26H45N3O5S. The number of aliphatic carboxylic acids is 1. The summed E-state index contributed by atoms with van der Waals surface area (Å²) in [6, 6.07) is -2.13. The number of hydrogen-bond acceptors (Lipinski definition) is 5. The predicted molar refractivity (Wildman–Crippen MR) is 145 cm³/mol. The lowest BCUT2D eigenvalue weighted by Crippen LogP contribution is -2.52. The lowest BCUT2D eigenvalue weighted by Gasteiger charge is -2.20. The molecule has 5 N–H and O–H groups in total. The Hall–Kier alpha value is -2.55. The Morgan fingerprint density at radius 3 is 1.94 bits per heavy atom. The molecule has 0 fully saturated rings. The van der Waals surface area contributed by atoms with Crippen LogP contribution in [0.4, 0.5) is 0 Å². The van der Waals surface area contributed by atoms with E-state index in [9.17, 15) is 24.3 Å². The first kappa shape index (κ1) is 34.6. The van der Waals surface area contributed by atoms with Gasteiger partial charge in [0.2, 0.25) is 17.7 Å². The molecule has 0 aliphatic rings. The fraction of sp³-hybridized carbons (Fsp3) is 0.615. The Kier molecular flexibility index (Phi) is 19.5. The predicted octanol–water partition coefficient (Wildman–Crippen LogP) is 4.11. The maximum atomic E-state index is 12.4. The number of primary amides is 1. The zero-order valence-electron chi connectivity index (χ0n) is 21.1. The van der Waals surface area contributed by atoms with E-state index in [-0.39, 0.29) is 26.0 Å². The molecule has 0 aromatic rings. The van der Waals surface area contributed by atoms with Gasteiger partial charge in [0, 0.05) is 24.9 Å². The highest BCUT2D eigenvalue weighted by atomic mass is 32.2. The van der Waals surface area contributed by atoms with Gasteiger partial charge in [0.1, 0.15) is 12.1 Å². The van der Waals surface area contributed by atoms with Crippen LogP contribution in [0.15, 0.2) is 34.9 Å². The molecule has 9 heteroatoms. The number of carbonyl (C=O) groups is 4. The van der Waals surface area contributed by atoms with E-state index in [0.29, 0.717) is 5.75 Å². The van der Waals surface area contributed by atoms with Crippen molar-refractivity contribution in [2.45, 2.75) is 92.7 Å². The Bertz CT molecular complexity index is 786. The normalized spacial score (nSPS) is 13.2. The van der Waals surface area contributed by atoms with Gasteiger partial charge in [-0.1, -0.05) is 42.4 Å². The Morgan fingerprint density at radius 2 is 1.43 bits per heavy atom. The summed E-state index contributed by atoms with van der Waals surface area (Å²) in [5.74, 6) is -2.06. The first-order chi connectivity index (χ1) is 15.9. The molecule has 0 heterocycles. The quantitative estimate of drug-likeness (QED) is 0.171. The monoisotopic (exact) mass is 511 g/mol. The third-order valence-corrected chi connectivity index (χ3v) is 5.92. The average molecular weight is 512 g/mol. The van der Waals surface area contributed by atoms with Crippen molar-refractivity contribution in [3.8, 4) is 0 Å². The lowest BCUT2D eigenvalue weighted by molar-refractivity contribution is -0.141. The molecule has 0 radical (unpaired) electrons.